The summed E-state index contributed by atoms with van der Waals surface area (Å²) in [6.45, 7) is 3.94. The molecule has 0 amide bonds. The molecule has 0 saturated carbocycles. The topological polar surface area (TPSA) is 75.4 Å². The highest BCUT2D eigenvalue weighted by molar-refractivity contribution is 9.10. The molecule has 0 heterocycles. The molecule has 0 saturated heterocycles. The van der Waals surface area contributed by atoms with Crippen LogP contribution < -0.4 is 5.32 Å². The van der Waals surface area contributed by atoms with Crippen molar-refractivity contribution < 1.29 is 10.0 Å². The van der Waals surface area contributed by atoms with Crippen LogP contribution in [0.15, 0.2) is 34.8 Å². The molecule has 0 aliphatic carbocycles. The first-order valence-electron chi connectivity index (χ1n) is 6.36. The Morgan fingerprint density at radius 2 is 2.00 bits per heavy atom. The Balaban J connectivity index is 2.25. The molecule has 5 nitrogen and oxygen atoms in total. The van der Waals surface area contributed by atoms with Crippen LogP contribution in [0.4, 0.5) is 11.4 Å². The van der Waals surface area contributed by atoms with Crippen LogP contribution in [-0.2, 0) is 6.54 Å². The van der Waals surface area contributed by atoms with Crippen molar-refractivity contribution in [3.63, 3.8) is 0 Å². The number of hydrogen-bond acceptors (Lipinski definition) is 4. The van der Waals surface area contributed by atoms with Crippen molar-refractivity contribution in [3.05, 3.63) is 61.6 Å². The lowest BCUT2D eigenvalue weighted by molar-refractivity contribution is -0.385. The summed E-state index contributed by atoms with van der Waals surface area (Å²) in [5.74, 6) is 0.241. The van der Waals surface area contributed by atoms with E-state index in [2.05, 4.69) is 21.2 Å². The fourth-order valence-corrected chi connectivity index (χ4v) is 2.42. The standard InChI is InChI=1S/C15H15BrN2O3/c1-9-3-6-13(10(2)15(9)19)17-8-11-4-5-12(16)7-14(11)18(20)21/h3-7,17,19H,8H2,1-2H3. The van der Waals surface area contributed by atoms with Crippen LogP contribution in [0.3, 0.4) is 0 Å². The summed E-state index contributed by atoms with van der Waals surface area (Å²) in [4.78, 5) is 10.7. The van der Waals surface area contributed by atoms with Gasteiger partial charge in [-0.15, -0.1) is 0 Å². The maximum Gasteiger partial charge on any atom is 0.275 e. The molecule has 0 atom stereocenters. The van der Waals surface area contributed by atoms with E-state index in [0.29, 0.717) is 16.6 Å². The van der Waals surface area contributed by atoms with Crippen LogP contribution in [-0.4, -0.2) is 10.0 Å². The van der Waals surface area contributed by atoms with Crippen molar-refractivity contribution >= 4 is 27.3 Å². The number of aromatic hydroxyl groups is 1. The summed E-state index contributed by atoms with van der Waals surface area (Å²) < 4.78 is 0.669. The molecule has 2 N–H and O–H groups in total. The van der Waals surface area contributed by atoms with E-state index in [4.69, 9.17) is 0 Å². The minimum absolute atomic E-state index is 0.0610. The number of nitro benzene ring substituents is 1. The Morgan fingerprint density at radius 1 is 1.29 bits per heavy atom. The first kappa shape index (κ1) is 15.3. The van der Waals surface area contributed by atoms with E-state index in [1.54, 1.807) is 25.1 Å². The van der Waals surface area contributed by atoms with Crippen molar-refractivity contribution in [1.29, 1.82) is 0 Å². The lowest BCUT2D eigenvalue weighted by Gasteiger charge is -2.12. The second-order valence-electron chi connectivity index (χ2n) is 4.79. The number of anilines is 1. The third kappa shape index (κ3) is 3.33. The van der Waals surface area contributed by atoms with Crippen LogP contribution in [0.5, 0.6) is 5.75 Å². The molecule has 0 aromatic heterocycles. The van der Waals surface area contributed by atoms with Crippen LogP contribution >= 0.6 is 15.9 Å². The average molecular weight is 351 g/mol. The summed E-state index contributed by atoms with van der Waals surface area (Å²) >= 11 is 3.23. The fraction of sp³-hybridized carbons (Fsp3) is 0.200. The zero-order chi connectivity index (χ0) is 15.6. The maximum atomic E-state index is 11.1. The van der Waals surface area contributed by atoms with Gasteiger partial charge in [-0.1, -0.05) is 22.0 Å². The Labute approximate surface area is 130 Å². The Kier molecular flexibility index (Phi) is 4.47. The molecule has 0 fully saturated rings. The van der Waals surface area contributed by atoms with Gasteiger partial charge in [-0.3, -0.25) is 10.1 Å². The first-order chi connectivity index (χ1) is 9.90. The van der Waals surface area contributed by atoms with Crippen molar-refractivity contribution in [1.82, 2.24) is 0 Å². The zero-order valence-electron chi connectivity index (χ0n) is 11.7. The lowest BCUT2D eigenvalue weighted by atomic mass is 10.1. The Morgan fingerprint density at radius 3 is 2.67 bits per heavy atom. The molecule has 0 spiro atoms. The van der Waals surface area contributed by atoms with Crippen molar-refractivity contribution in [3.8, 4) is 5.75 Å². The third-order valence-electron chi connectivity index (χ3n) is 3.35. The molecule has 0 aliphatic heterocycles. The molecule has 0 radical (unpaired) electrons. The molecule has 6 heteroatoms. The smallest absolute Gasteiger partial charge is 0.275 e. The number of hydrogen-bond donors (Lipinski definition) is 2. The highest BCUT2D eigenvalue weighted by Gasteiger charge is 2.14. The van der Waals surface area contributed by atoms with E-state index < -0.39 is 4.92 Å². The molecular weight excluding hydrogens is 336 g/mol. The van der Waals surface area contributed by atoms with Gasteiger partial charge in [0.25, 0.3) is 5.69 Å². The second-order valence-corrected chi connectivity index (χ2v) is 5.70. The molecule has 0 bridgehead atoms. The normalized spacial score (nSPS) is 10.4. The van der Waals surface area contributed by atoms with Crippen LogP contribution in [0, 0.1) is 24.0 Å². The maximum absolute atomic E-state index is 11.1. The minimum atomic E-state index is -0.402. The van der Waals surface area contributed by atoms with Crippen LogP contribution in [0.1, 0.15) is 16.7 Å². The molecule has 110 valence electrons. The van der Waals surface area contributed by atoms with E-state index in [1.807, 2.05) is 13.0 Å². The minimum Gasteiger partial charge on any atom is -0.507 e. The van der Waals surface area contributed by atoms with Crippen molar-refractivity contribution in [2.45, 2.75) is 20.4 Å². The van der Waals surface area contributed by atoms with Gasteiger partial charge in [-0.2, -0.15) is 0 Å². The largest absolute Gasteiger partial charge is 0.507 e. The molecule has 2 rings (SSSR count). The Bertz CT molecular complexity index is 702. The molecule has 21 heavy (non-hydrogen) atoms. The van der Waals surface area contributed by atoms with Gasteiger partial charge < -0.3 is 10.4 Å². The predicted octanol–water partition coefficient (Wildman–Crippen LogP) is 4.29. The number of nitrogens with zero attached hydrogens (tertiary/aromatic N) is 1. The monoisotopic (exact) mass is 350 g/mol. The Hall–Kier alpha value is -2.08. The lowest BCUT2D eigenvalue weighted by Crippen LogP contribution is -2.04. The van der Waals surface area contributed by atoms with Gasteiger partial charge in [0.2, 0.25) is 0 Å². The molecular formula is C15H15BrN2O3. The van der Waals surface area contributed by atoms with Crippen molar-refractivity contribution in [2.75, 3.05) is 5.32 Å². The van der Waals surface area contributed by atoms with E-state index >= 15 is 0 Å². The summed E-state index contributed by atoms with van der Waals surface area (Å²) in [6.07, 6.45) is 0. The number of rotatable bonds is 4. The average Bonchev–Trinajstić information content (AvgIpc) is 2.45. The van der Waals surface area contributed by atoms with Gasteiger partial charge in [-0.05, 0) is 37.6 Å². The van der Waals surface area contributed by atoms with Crippen LogP contribution in [0.25, 0.3) is 0 Å². The fourth-order valence-electron chi connectivity index (χ4n) is 2.07. The number of aryl methyl sites for hydroxylation is 1. The van der Waals surface area contributed by atoms with E-state index in [-0.39, 0.29) is 11.4 Å². The van der Waals surface area contributed by atoms with E-state index in [0.717, 1.165) is 16.8 Å². The first-order valence-corrected chi connectivity index (χ1v) is 7.15. The van der Waals surface area contributed by atoms with Crippen LogP contribution in [0.2, 0.25) is 0 Å². The molecule has 0 unspecified atom stereocenters. The molecule has 0 aliphatic rings. The highest BCUT2D eigenvalue weighted by Crippen LogP contribution is 2.29. The van der Waals surface area contributed by atoms with Gasteiger partial charge in [0, 0.05) is 33.9 Å². The summed E-state index contributed by atoms with van der Waals surface area (Å²) in [5, 5.41) is 24.1. The number of nitro groups is 1. The number of phenolic OH excluding ortho intramolecular Hbond substituents is 1. The van der Waals surface area contributed by atoms with Gasteiger partial charge in [0.15, 0.2) is 0 Å². The van der Waals surface area contributed by atoms with Gasteiger partial charge in [0.1, 0.15) is 5.75 Å². The second kappa shape index (κ2) is 6.13. The van der Waals surface area contributed by atoms with E-state index in [1.165, 1.54) is 6.07 Å². The molecule has 2 aromatic carbocycles. The summed E-state index contributed by atoms with van der Waals surface area (Å²) in [5.41, 5.74) is 2.94. The van der Waals surface area contributed by atoms with E-state index in [9.17, 15) is 15.2 Å². The van der Waals surface area contributed by atoms with Gasteiger partial charge in [-0.25, -0.2) is 0 Å². The third-order valence-corrected chi connectivity index (χ3v) is 3.84. The number of nitrogens with one attached hydrogen (secondary N) is 1. The quantitative estimate of drug-likeness (QED) is 0.636. The SMILES string of the molecule is Cc1ccc(NCc2ccc(Br)cc2[N+](=O)[O-])c(C)c1O. The predicted molar refractivity (Wildman–Crippen MR) is 85.7 cm³/mol. The van der Waals surface area contributed by atoms with Gasteiger partial charge >= 0.3 is 0 Å². The highest BCUT2D eigenvalue weighted by atomic mass is 79.9. The van der Waals surface area contributed by atoms with Crippen molar-refractivity contribution in [2.24, 2.45) is 0 Å². The van der Waals surface area contributed by atoms with Gasteiger partial charge in [0.05, 0.1) is 4.92 Å². The number of benzene rings is 2. The number of halogens is 1. The number of phenols is 1. The zero-order valence-corrected chi connectivity index (χ0v) is 13.3. The molecule has 2 aromatic rings. The summed E-state index contributed by atoms with van der Waals surface area (Å²) in [6, 6.07) is 8.62. The summed E-state index contributed by atoms with van der Waals surface area (Å²) in [7, 11) is 0.